The van der Waals surface area contributed by atoms with Gasteiger partial charge in [0.15, 0.2) is 0 Å². The standard InChI is InChI=1S/C11H14N2OS/c1-8-3-4-14-10(8)6-12-7-11-13-5-9(2)15-11/h3-5,12H,6-7H2,1-2H3. The highest BCUT2D eigenvalue weighted by Gasteiger charge is 2.02. The molecule has 0 saturated carbocycles. The van der Waals surface area contributed by atoms with E-state index >= 15 is 0 Å². The van der Waals surface area contributed by atoms with Crippen molar-refractivity contribution in [2.75, 3.05) is 0 Å². The quantitative estimate of drug-likeness (QED) is 0.864. The van der Waals surface area contributed by atoms with Gasteiger partial charge in [-0.25, -0.2) is 4.98 Å². The molecule has 2 aromatic heterocycles. The van der Waals surface area contributed by atoms with Crippen LogP contribution in [0.25, 0.3) is 0 Å². The second kappa shape index (κ2) is 4.59. The first-order valence-electron chi connectivity index (χ1n) is 4.90. The minimum atomic E-state index is 0.761. The van der Waals surface area contributed by atoms with Crippen molar-refractivity contribution >= 4 is 11.3 Å². The number of nitrogens with one attached hydrogen (secondary N) is 1. The normalized spacial score (nSPS) is 10.8. The Balaban J connectivity index is 1.83. The molecule has 0 atom stereocenters. The molecule has 0 aliphatic rings. The van der Waals surface area contributed by atoms with Crippen molar-refractivity contribution in [1.29, 1.82) is 0 Å². The largest absolute Gasteiger partial charge is 0.468 e. The molecule has 0 saturated heterocycles. The molecule has 2 aromatic rings. The smallest absolute Gasteiger partial charge is 0.120 e. The lowest BCUT2D eigenvalue weighted by atomic mass is 10.3. The molecule has 2 heterocycles. The Kier molecular flexibility index (Phi) is 3.18. The number of nitrogens with zero attached hydrogens (tertiary/aromatic N) is 1. The summed E-state index contributed by atoms with van der Waals surface area (Å²) in [5.74, 6) is 1.00. The van der Waals surface area contributed by atoms with Crippen LogP contribution in [0.15, 0.2) is 22.9 Å². The Morgan fingerprint density at radius 3 is 2.87 bits per heavy atom. The van der Waals surface area contributed by atoms with Crippen molar-refractivity contribution in [3.8, 4) is 0 Å². The molecular formula is C11H14N2OS. The number of hydrogen-bond donors (Lipinski definition) is 1. The van der Waals surface area contributed by atoms with Crippen LogP contribution in [0, 0.1) is 13.8 Å². The molecule has 0 bridgehead atoms. The molecule has 0 unspecified atom stereocenters. The van der Waals surface area contributed by atoms with Gasteiger partial charge in [-0.2, -0.15) is 0 Å². The van der Waals surface area contributed by atoms with Crippen LogP contribution in [0.4, 0.5) is 0 Å². The number of furan rings is 1. The summed E-state index contributed by atoms with van der Waals surface area (Å²) in [6.45, 7) is 5.68. The number of hydrogen-bond acceptors (Lipinski definition) is 4. The maximum absolute atomic E-state index is 5.33. The lowest BCUT2D eigenvalue weighted by Gasteiger charge is -2.00. The van der Waals surface area contributed by atoms with Crippen molar-refractivity contribution in [3.05, 3.63) is 39.7 Å². The SMILES string of the molecule is Cc1cnc(CNCc2occc2C)s1. The number of rotatable bonds is 4. The highest BCUT2D eigenvalue weighted by atomic mass is 32.1. The highest BCUT2D eigenvalue weighted by Crippen LogP contribution is 2.12. The van der Waals surface area contributed by atoms with E-state index in [0.29, 0.717) is 0 Å². The van der Waals surface area contributed by atoms with Crippen LogP contribution in [-0.4, -0.2) is 4.98 Å². The van der Waals surface area contributed by atoms with Gasteiger partial charge in [-0.1, -0.05) is 0 Å². The van der Waals surface area contributed by atoms with Gasteiger partial charge >= 0.3 is 0 Å². The molecular weight excluding hydrogens is 208 g/mol. The molecule has 80 valence electrons. The number of aryl methyl sites for hydroxylation is 2. The van der Waals surface area contributed by atoms with Crippen LogP contribution in [0.3, 0.4) is 0 Å². The van der Waals surface area contributed by atoms with Gasteiger partial charge in [-0.3, -0.25) is 0 Å². The zero-order valence-electron chi connectivity index (χ0n) is 8.91. The molecule has 0 radical (unpaired) electrons. The van der Waals surface area contributed by atoms with Crippen LogP contribution in [0.1, 0.15) is 21.2 Å². The summed E-state index contributed by atoms with van der Waals surface area (Å²) in [5.41, 5.74) is 1.19. The third-order valence-electron chi connectivity index (χ3n) is 2.20. The molecule has 0 aliphatic carbocycles. The molecule has 0 aromatic carbocycles. The molecule has 0 fully saturated rings. The summed E-state index contributed by atoms with van der Waals surface area (Å²) in [6.07, 6.45) is 3.62. The zero-order chi connectivity index (χ0) is 10.7. The second-order valence-electron chi connectivity index (χ2n) is 3.49. The van der Waals surface area contributed by atoms with E-state index in [0.717, 1.165) is 23.9 Å². The third kappa shape index (κ3) is 2.67. The fraction of sp³-hybridized carbons (Fsp3) is 0.364. The van der Waals surface area contributed by atoms with Gasteiger partial charge in [0.25, 0.3) is 0 Å². The molecule has 2 rings (SSSR count). The molecule has 3 nitrogen and oxygen atoms in total. The highest BCUT2D eigenvalue weighted by molar-refractivity contribution is 7.11. The number of aromatic nitrogens is 1. The first kappa shape index (κ1) is 10.4. The molecule has 0 spiro atoms. The lowest BCUT2D eigenvalue weighted by molar-refractivity contribution is 0.480. The van der Waals surface area contributed by atoms with Crippen molar-refractivity contribution in [3.63, 3.8) is 0 Å². The molecule has 0 aliphatic heterocycles. The van der Waals surface area contributed by atoms with E-state index in [1.54, 1.807) is 17.6 Å². The fourth-order valence-corrected chi connectivity index (χ4v) is 2.11. The first-order valence-corrected chi connectivity index (χ1v) is 5.72. The van der Waals surface area contributed by atoms with Crippen LogP contribution < -0.4 is 5.32 Å². The summed E-state index contributed by atoms with van der Waals surface area (Å²) >= 11 is 1.72. The van der Waals surface area contributed by atoms with Gasteiger partial charge in [0.1, 0.15) is 10.8 Å². The summed E-state index contributed by atoms with van der Waals surface area (Å²) in [5, 5.41) is 4.43. The van der Waals surface area contributed by atoms with Gasteiger partial charge in [0.2, 0.25) is 0 Å². The van der Waals surface area contributed by atoms with Gasteiger partial charge in [0.05, 0.1) is 12.8 Å². The van der Waals surface area contributed by atoms with Crippen molar-refractivity contribution in [2.24, 2.45) is 0 Å². The molecule has 0 amide bonds. The van der Waals surface area contributed by atoms with Gasteiger partial charge in [-0.05, 0) is 25.5 Å². The Labute approximate surface area is 93.2 Å². The van der Waals surface area contributed by atoms with Crippen molar-refractivity contribution < 1.29 is 4.42 Å². The van der Waals surface area contributed by atoms with E-state index in [2.05, 4.69) is 17.2 Å². The zero-order valence-corrected chi connectivity index (χ0v) is 9.73. The Morgan fingerprint density at radius 1 is 1.40 bits per heavy atom. The average molecular weight is 222 g/mol. The lowest BCUT2D eigenvalue weighted by Crippen LogP contribution is -2.12. The van der Waals surface area contributed by atoms with Gasteiger partial charge in [-0.15, -0.1) is 11.3 Å². The van der Waals surface area contributed by atoms with E-state index in [4.69, 9.17) is 4.42 Å². The maximum atomic E-state index is 5.33. The summed E-state index contributed by atoms with van der Waals surface area (Å²) in [4.78, 5) is 5.53. The monoisotopic (exact) mass is 222 g/mol. The predicted molar refractivity (Wildman–Crippen MR) is 60.8 cm³/mol. The summed E-state index contributed by atoms with van der Waals surface area (Å²) in [7, 11) is 0. The van der Waals surface area contributed by atoms with Crippen LogP contribution in [-0.2, 0) is 13.1 Å². The predicted octanol–water partition coefficient (Wildman–Crippen LogP) is 2.64. The van der Waals surface area contributed by atoms with Crippen molar-refractivity contribution in [1.82, 2.24) is 10.3 Å². The first-order chi connectivity index (χ1) is 7.25. The van der Waals surface area contributed by atoms with Crippen LogP contribution >= 0.6 is 11.3 Å². The molecule has 15 heavy (non-hydrogen) atoms. The van der Waals surface area contributed by atoms with E-state index in [1.807, 2.05) is 19.2 Å². The topological polar surface area (TPSA) is 38.1 Å². The average Bonchev–Trinajstić information content (AvgIpc) is 2.77. The Hall–Kier alpha value is -1.13. The second-order valence-corrected chi connectivity index (χ2v) is 4.81. The molecule has 4 heteroatoms. The summed E-state index contributed by atoms with van der Waals surface area (Å²) < 4.78 is 5.33. The summed E-state index contributed by atoms with van der Waals surface area (Å²) in [6, 6.07) is 1.98. The number of thiazole rings is 1. The third-order valence-corrected chi connectivity index (χ3v) is 3.11. The van der Waals surface area contributed by atoms with E-state index in [9.17, 15) is 0 Å². The van der Waals surface area contributed by atoms with Crippen molar-refractivity contribution in [2.45, 2.75) is 26.9 Å². The fourth-order valence-electron chi connectivity index (χ4n) is 1.35. The van der Waals surface area contributed by atoms with Crippen LogP contribution in [0.2, 0.25) is 0 Å². The Morgan fingerprint density at radius 2 is 2.27 bits per heavy atom. The minimum absolute atomic E-state index is 0.761. The maximum Gasteiger partial charge on any atom is 0.120 e. The minimum Gasteiger partial charge on any atom is -0.468 e. The van der Waals surface area contributed by atoms with E-state index < -0.39 is 0 Å². The van der Waals surface area contributed by atoms with E-state index in [1.165, 1.54) is 10.4 Å². The van der Waals surface area contributed by atoms with E-state index in [-0.39, 0.29) is 0 Å². The van der Waals surface area contributed by atoms with Crippen LogP contribution in [0.5, 0.6) is 0 Å². The van der Waals surface area contributed by atoms with Gasteiger partial charge in [0, 0.05) is 17.6 Å². The Bertz CT molecular complexity index is 433. The van der Waals surface area contributed by atoms with Gasteiger partial charge < -0.3 is 9.73 Å². The molecule has 1 N–H and O–H groups in total.